The third kappa shape index (κ3) is 4.76. The Labute approximate surface area is 168 Å². The third-order valence-electron chi connectivity index (χ3n) is 5.84. The number of hydrogen-bond acceptors (Lipinski definition) is 4. The summed E-state index contributed by atoms with van der Waals surface area (Å²) in [6.45, 7) is 8.61. The van der Waals surface area contributed by atoms with Crippen LogP contribution in [0.15, 0.2) is 24.3 Å². The van der Waals surface area contributed by atoms with Crippen LogP contribution in [0.25, 0.3) is 0 Å². The SMILES string of the molecule is CCN1CCN(c2ccccc2NC(=O)C2CCN(C(=O)N(C)C)CC2)CC1. The predicted molar refractivity (Wildman–Crippen MR) is 113 cm³/mol. The summed E-state index contributed by atoms with van der Waals surface area (Å²) in [5.41, 5.74) is 2.00. The van der Waals surface area contributed by atoms with Crippen molar-refractivity contribution in [1.82, 2.24) is 14.7 Å². The molecule has 2 aliphatic rings. The fourth-order valence-corrected chi connectivity index (χ4v) is 4.01. The molecule has 7 nitrogen and oxygen atoms in total. The van der Waals surface area contributed by atoms with Gasteiger partial charge in [0.1, 0.15) is 0 Å². The lowest BCUT2D eigenvalue weighted by molar-refractivity contribution is -0.121. The Morgan fingerprint density at radius 1 is 1.04 bits per heavy atom. The number of amides is 3. The Morgan fingerprint density at radius 2 is 1.68 bits per heavy atom. The van der Waals surface area contributed by atoms with Gasteiger partial charge in [0.15, 0.2) is 0 Å². The second kappa shape index (κ2) is 9.28. The predicted octanol–water partition coefficient (Wildman–Crippen LogP) is 2.16. The summed E-state index contributed by atoms with van der Waals surface area (Å²) in [5, 5.41) is 3.16. The van der Waals surface area contributed by atoms with Gasteiger partial charge in [0.05, 0.1) is 11.4 Å². The lowest BCUT2D eigenvalue weighted by atomic mass is 9.96. The minimum Gasteiger partial charge on any atom is -0.367 e. The summed E-state index contributed by atoms with van der Waals surface area (Å²) >= 11 is 0. The van der Waals surface area contributed by atoms with Gasteiger partial charge in [0.25, 0.3) is 0 Å². The number of rotatable bonds is 4. The van der Waals surface area contributed by atoms with Crippen molar-refractivity contribution in [3.63, 3.8) is 0 Å². The molecule has 1 aromatic carbocycles. The number of nitrogens with one attached hydrogen (secondary N) is 1. The fourth-order valence-electron chi connectivity index (χ4n) is 4.01. The number of carbonyl (C=O) groups excluding carboxylic acids is 2. The van der Waals surface area contributed by atoms with Gasteiger partial charge in [-0.1, -0.05) is 19.1 Å². The van der Waals surface area contributed by atoms with E-state index in [1.165, 1.54) is 0 Å². The maximum atomic E-state index is 12.9. The number of anilines is 2. The topological polar surface area (TPSA) is 59.1 Å². The molecule has 2 aliphatic heterocycles. The first-order valence-electron chi connectivity index (χ1n) is 10.3. The lowest BCUT2D eigenvalue weighted by Gasteiger charge is -2.36. The van der Waals surface area contributed by atoms with Gasteiger partial charge in [-0.2, -0.15) is 0 Å². The minimum atomic E-state index is -0.0452. The molecular formula is C21H33N5O2. The van der Waals surface area contributed by atoms with E-state index in [0.717, 1.165) is 44.1 Å². The van der Waals surface area contributed by atoms with Crippen LogP contribution in [0.1, 0.15) is 19.8 Å². The van der Waals surface area contributed by atoms with Crippen molar-refractivity contribution in [3.05, 3.63) is 24.3 Å². The van der Waals surface area contributed by atoms with Crippen LogP contribution in [0.5, 0.6) is 0 Å². The van der Waals surface area contributed by atoms with Gasteiger partial charge in [-0.3, -0.25) is 4.79 Å². The molecule has 154 valence electrons. The van der Waals surface area contributed by atoms with Gasteiger partial charge < -0.3 is 24.9 Å². The number of para-hydroxylation sites is 2. The molecule has 2 fully saturated rings. The van der Waals surface area contributed by atoms with Crippen LogP contribution in [0.2, 0.25) is 0 Å². The Kier molecular flexibility index (Phi) is 6.78. The zero-order valence-electron chi connectivity index (χ0n) is 17.4. The van der Waals surface area contributed by atoms with Gasteiger partial charge in [0.2, 0.25) is 5.91 Å². The number of likely N-dealkylation sites (N-methyl/N-ethyl adjacent to an activating group) is 1. The highest BCUT2D eigenvalue weighted by Gasteiger charge is 2.28. The highest BCUT2D eigenvalue weighted by molar-refractivity contribution is 5.96. The molecule has 0 aromatic heterocycles. The Balaban J connectivity index is 1.59. The summed E-state index contributed by atoms with van der Waals surface area (Å²) in [4.78, 5) is 33.2. The van der Waals surface area contributed by atoms with E-state index in [1.807, 2.05) is 23.1 Å². The quantitative estimate of drug-likeness (QED) is 0.860. The fraction of sp³-hybridized carbons (Fsp3) is 0.619. The molecule has 28 heavy (non-hydrogen) atoms. The number of benzene rings is 1. The minimum absolute atomic E-state index is 0.0235. The van der Waals surface area contributed by atoms with E-state index in [2.05, 4.69) is 28.1 Å². The first-order chi connectivity index (χ1) is 13.5. The van der Waals surface area contributed by atoms with Crippen LogP contribution in [-0.2, 0) is 4.79 Å². The molecule has 0 aliphatic carbocycles. The molecular weight excluding hydrogens is 354 g/mol. The number of carbonyl (C=O) groups is 2. The van der Waals surface area contributed by atoms with E-state index in [9.17, 15) is 9.59 Å². The molecule has 1 N–H and O–H groups in total. The Bertz CT molecular complexity index is 677. The molecule has 2 saturated heterocycles. The summed E-state index contributed by atoms with van der Waals surface area (Å²) in [6.07, 6.45) is 1.42. The van der Waals surface area contributed by atoms with Crippen molar-refractivity contribution in [2.24, 2.45) is 5.92 Å². The smallest absolute Gasteiger partial charge is 0.319 e. The molecule has 1 aromatic rings. The molecule has 0 atom stereocenters. The molecule has 7 heteroatoms. The van der Waals surface area contributed by atoms with Gasteiger partial charge in [-0.25, -0.2) is 4.79 Å². The van der Waals surface area contributed by atoms with Crippen molar-refractivity contribution < 1.29 is 9.59 Å². The molecule has 0 radical (unpaired) electrons. The maximum absolute atomic E-state index is 12.9. The van der Waals surface area contributed by atoms with Crippen molar-refractivity contribution >= 4 is 23.3 Å². The van der Waals surface area contributed by atoms with Crippen LogP contribution >= 0.6 is 0 Å². The summed E-state index contributed by atoms with van der Waals surface area (Å²) in [7, 11) is 3.52. The number of nitrogens with zero attached hydrogens (tertiary/aromatic N) is 4. The van der Waals surface area contributed by atoms with Crippen LogP contribution in [-0.4, -0.2) is 86.5 Å². The van der Waals surface area contributed by atoms with Gasteiger partial charge >= 0.3 is 6.03 Å². The summed E-state index contributed by atoms with van der Waals surface area (Å²) in [6, 6.07) is 8.11. The lowest BCUT2D eigenvalue weighted by Crippen LogP contribution is -2.46. The van der Waals surface area contributed by atoms with Gasteiger partial charge in [0, 0.05) is 59.3 Å². The average Bonchev–Trinajstić information content (AvgIpc) is 2.73. The summed E-state index contributed by atoms with van der Waals surface area (Å²) in [5.74, 6) is 0.0211. The van der Waals surface area contributed by atoms with Crippen molar-refractivity contribution in [2.75, 3.05) is 70.1 Å². The molecule has 0 spiro atoms. The number of piperazine rings is 1. The second-order valence-electron chi connectivity index (χ2n) is 7.87. The molecule has 0 saturated carbocycles. The Hall–Kier alpha value is -2.28. The highest BCUT2D eigenvalue weighted by atomic mass is 16.2. The van der Waals surface area contributed by atoms with E-state index < -0.39 is 0 Å². The van der Waals surface area contributed by atoms with Crippen molar-refractivity contribution in [1.29, 1.82) is 0 Å². The van der Waals surface area contributed by atoms with E-state index in [-0.39, 0.29) is 17.9 Å². The highest BCUT2D eigenvalue weighted by Crippen LogP contribution is 2.28. The normalized spacial score (nSPS) is 18.8. The largest absolute Gasteiger partial charge is 0.367 e. The van der Waals surface area contributed by atoms with E-state index in [1.54, 1.807) is 19.0 Å². The summed E-state index contributed by atoms with van der Waals surface area (Å²) < 4.78 is 0. The molecule has 0 unspecified atom stereocenters. The first-order valence-corrected chi connectivity index (χ1v) is 10.3. The van der Waals surface area contributed by atoms with Gasteiger partial charge in [-0.15, -0.1) is 0 Å². The second-order valence-corrected chi connectivity index (χ2v) is 7.87. The number of hydrogen-bond donors (Lipinski definition) is 1. The van der Waals surface area contributed by atoms with Crippen molar-refractivity contribution in [2.45, 2.75) is 19.8 Å². The Morgan fingerprint density at radius 3 is 2.29 bits per heavy atom. The molecule has 2 heterocycles. The number of urea groups is 1. The molecule has 3 amide bonds. The third-order valence-corrected chi connectivity index (χ3v) is 5.84. The zero-order valence-corrected chi connectivity index (χ0v) is 17.4. The average molecular weight is 388 g/mol. The maximum Gasteiger partial charge on any atom is 0.319 e. The first kappa shape index (κ1) is 20.5. The number of piperidine rings is 1. The monoisotopic (exact) mass is 387 g/mol. The van der Waals surface area contributed by atoms with E-state index in [0.29, 0.717) is 25.9 Å². The molecule has 0 bridgehead atoms. The van der Waals surface area contributed by atoms with E-state index >= 15 is 0 Å². The zero-order chi connectivity index (χ0) is 20.1. The van der Waals surface area contributed by atoms with Gasteiger partial charge in [-0.05, 0) is 31.5 Å². The van der Waals surface area contributed by atoms with Crippen LogP contribution in [0.3, 0.4) is 0 Å². The van der Waals surface area contributed by atoms with Crippen LogP contribution in [0, 0.1) is 5.92 Å². The molecule has 3 rings (SSSR count). The van der Waals surface area contributed by atoms with Crippen molar-refractivity contribution in [3.8, 4) is 0 Å². The van der Waals surface area contributed by atoms with E-state index in [4.69, 9.17) is 0 Å². The number of likely N-dealkylation sites (tertiary alicyclic amines) is 1. The standard InChI is InChI=1S/C21H33N5O2/c1-4-24-13-15-25(16-14-24)19-8-6-5-7-18(19)22-20(27)17-9-11-26(12-10-17)21(28)23(2)3/h5-8,17H,4,9-16H2,1-3H3,(H,22,27). The van der Waals surface area contributed by atoms with Crippen LogP contribution in [0.4, 0.5) is 16.2 Å². The van der Waals surface area contributed by atoms with Crippen LogP contribution < -0.4 is 10.2 Å².